The summed E-state index contributed by atoms with van der Waals surface area (Å²) in [5.74, 6) is -1.01. The average molecular weight is 1130 g/mol. The molecular formula is C55H58F3N15O9. The van der Waals surface area contributed by atoms with E-state index in [4.69, 9.17) is 14.2 Å². The van der Waals surface area contributed by atoms with Crippen LogP contribution in [0.2, 0.25) is 0 Å². The number of amides is 3. The highest BCUT2D eigenvalue weighted by molar-refractivity contribution is 6.08. The number of ether oxygens (including phenoxy) is 3. The Morgan fingerprint density at radius 1 is 0.488 bits per heavy atom. The monoisotopic (exact) mass is 1130 g/mol. The Balaban J connectivity index is 0.000000147. The third-order valence-corrected chi connectivity index (χ3v) is 14.1. The van der Waals surface area contributed by atoms with Gasteiger partial charge in [-0.05, 0) is 42.8 Å². The molecule has 6 aromatic heterocycles. The van der Waals surface area contributed by atoms with Crippen LogP contribution in [0.1, 0.15) is 84.4 Å². The average Bonchev–Trinajstić information content (AvgIpc) is 4.41. The number of carbonyl (C=O) groups is 3. The number of carbonyl (C=O) groups excluding carboxylic acids is 3. The fourth-order valence-corrected chi connectivity index (χ4v) is 9.58. The zero-order valence-electron chi connectivity index (χ0n) is 43.5. The lowest BCUT2D eigenvalue weighted by molar-refractivity contribution is -0.0459. The third kappa shape index (κ3) is 11.6. The smallest absolute Gasteiger partial charge is 0.256 e. The van der Waals surface area contributed by atoms with Crippen LogP contribution in [-0.2, 0) is 14.2 Å². The number of rotatable bonds is 12. The lowest BCUT2D eigenvalue weighted by Crippen LogP contribution is -2.30. The van der Waals surface area contributed by atoms with Gasteiger partial charge in [0.25, 0.3) is 17.7 Å². The Morgan fingerprint density at radius 2 is 0.805 bits per heavy atom. The quantitative estimate of drug-likeness (QED) is 0.0750. The molecule has 0 unspecified atom stereocenters. The van der Waals surface area contributed by atoms with E-state index in [-0.39, 0.29) is 72.4 Å². The number of nitrogens with one attached hydrogen (secondary N) is 3. The van der Waals surface area contributed by atoms with Crippen molar-refractivity contribution in [2.75, 3.05) is 29.2 Å². The van der Waals surface area contributed by atoms with Crippen molar-refractivity contribution in [2.24, 2.45) is 11.8 Å². The van der Waals surface area contributed by atoms with Crippen LogP contribution >= 0.6 is 0 Å². The number of hydrogen-bond donors (Lipinski definition) is 6. The molecule has 3 fully saturated rings. The van der Waals surface area contributed by atoms with Crippen molar-refractivity contribution in [1.82, 2.24) is 58.6 Å². The molecule has 6 N–H and O–H groups in total. The molecule has 12 atom stereocenters. The lowest BCUT2D eigenvalue weighted by Gasteiger charge is -2.15. The summed E-state index contributed by atoms with van der Waals surface area (Å²) in [5, 5.41) is 36.4. The van der Waals surface area contributed by atoms with Crippen LogP contribution < -0.4 is 16.0 Å². The summed E-state index contributed by atoms with van der Waals surface area (Å²) in [7, 11) is 0. The van der Waals surface area contributed by atoms with Crippen molar-refractivity contribution in [3.63, 3.8) is 0 Å². The summed E-state index contributed by atoms with van der Waals surface area (Å²) in [4.78, 5) is 74.5. The van der Waals surface area contributed by atoms with Gasteiger partial charge in [0.05, 0.1) is 44.4 Å². The number of alkyl halides is 3. The topological polar surface area (TPSA) is 306 Å². The second kappa shape index (κ2) is 25.4. The fraction of sp³-hybridized carbons (Fsp3) is 0.345. The number of fused-ring (bicyclic) bond motifs is 3. The minimum absolute atomic E-state index is 0. The largest absolute Gasteiger partial charge is 0.394 e. The maximum Gasteiger partial charge on any atom is 0.256 e. The van der Waals surface area contributed by atoms with Crippen molar-refractivity contribution in [3.8, 4) is 0 Å². The number of aliphatic hydroxyl groups is 3. The van der Waals surface area contributed by atoms with Gasteiger partial charge in [-0.15, -0.1) is 0 Å². The molecule has 0 saturated carbocycles. The zero-order chi connectivity index (χ0) is 56.9. The van der Waals surface area contributed by atoms with Gasteiger partial charge < -0.3 is 45.5 Å². The van der Waals surface area contributed by atoms with Crippen LogP contribution in [0.5, 0.6) is 0 Å². The summed E-state index contributed by atoms with van der Waals surface area (Å²) in [6.07, 6.45) is -1.71. The Hall–Kier alpha value is -8.73. The summed E-state index contributed by atoms with van der Waals surface area (Å²) >= 11 is 0. The van der Waals surface area contributed by atoms with Crippen LogP contribution in [0.3, 0.4) is 0 Å². The highest BCUT2D eigenvalue weighted by Gasteiger charge is 2.47. The van der Waals surface area contributed by atoms with Gasteiger partial charge in [0.15, 0.2) is 88.1 Å². The molecule has 27 heteroatoms. The van der Waals surface area contributed by atoms with Crippen molar-refractivity contribution in [3.05, 3.63) is 146 Å². The minimum atomic E-state index is -1.77. The van der Waals surface area contributed by atoms with E-state index in [1.165, 1.54) is 47.1 Å². The second-order valence-electron chi connectivity index (χ2n) is 19.1. The van der Waals surface area contributed by atoms with Gasteiger partial charge in [0, 0.05) is 28.5 Å². The fourth-order valence-electron chi connectivity index (χ4n) is 9.58. The van der Waals surface area contributed by atoms with E-state index in [1.54, 1.807) is 90.4 Å². The molecule has 12 rings (SSSR count). The number of hydrogen-bond acceptors (Lipinski definition) is 18. The van der Waals surface area contributed by atoms with E-state index in [2.05, 4.69) is 60.8 Å². The van der Waals surface area contributed by atoms with Crippen molar-refractivity contribution >= 4 is 68.7 Å². The standard InChI is InChI=1S/C19H20FN5O2.C18H18FN5O3.C17H16FN5O4.CH4/c1-3-13-11(2)14(20)19(27-13)25-10-23-15-16(21-9-22-17(15)25)24-18(26)12-7-5-4-6-8-12;1-10-12(7-25)27-18(13(10)19)24-9-22-14-15(20-8-21-16(14)24)23-17(26)11-5-3-2-4-6-11;18-11-13(25)10(6-24)27-17(11)23-8-21-12-14(19-7-20-15(12)23)22-16(26)9-4-2-1-3-5-9;/h4-11,13-14,19H,3H2,1-2H3,(H,21,22,24,26);2-6,8-10,12-13,18,25H,7H2,1H3,(H,20,21,23,26);1-5,7-8,10-11,13,17,24-25H,6H2,(H,19,20,22,26);1H4/t11-,13-,14+,19-;10-,12-,13+,18-;10-,11+,13-,17-;/m111./s1. The molecular weight excluding hydrogens is 1070 g/mol. The Morgan fingerprint density at radius 3 is 1.11 bits per heavy atom. The van der Waals surface area contributed by atoms with Crippen LogP contribution in [0.25, 0.3) is 33.5 Å². The number of halogens is 3. The molecule has 3 aliphatic heterocycles. The molecule has 0 bridgehead atoms. The Bertz CT molecular complexity index is 3270. The molecule has 9 aromatic rings. The van der Waals surface area contributed by atoms with Crippen LogP contribution in [0.15, 0.2) is 129 Å². The number of nitrogens with zero attached hydrogens (tertiary/aromatic N) is 12. The van der Waals surface area contributed by atoms with Gasteiger partial charge in [-0.1, -0.05) is 82.8 Å². The maximum atomic E-state index is 14.8. The third-order valence-electron chi connectivity index (χ3n) is 14.1. The predicted octanol–water partition coefficient (Wildman–Crippen LogP) is 6.61. The van der Waals surface area contributed by atoms with Crippen molar-refractivity contribution in [1.29, 1.82) is 0 Å². The lowest BCUT2D eigenvalue weighted by atomic mass is 10.00. The number of aromatic nitrogens is 12. The van der Waals surface area contributed by atoms with E-state index in [0.29, 0.717) is 39.0 Å². The first kappa shape index (κ1) is 57.9. The highest BCUT2D eigenvalue weighted by atomic mass is 19.1. The van der Waals surface area contributed by atoms with Crippen LogP contribution in [0.4, 0.5) is 30.6 Å². The van der Waals surface area contributed by atoms with Gasteiger partial charge in [-0.2, -0.15) is 0 Å². The second-order valence-corrected chi connectivity index (χ2v) is 19.1. The van der Waals surface area contributed by atoms with Gasteiger partial charge in [-0.3, -0.25) is 28.1 Å². The SMILES string of the molecule is C.CC[C@H]1O[C@@H](n2cnc3c(NC(=O)c4ccccc4)ncnc32)[C@@H](F)[C@@H]1C.C[C@H]1[C@H](F)[C@H](n2cnc3c(NC(=O)c4ccccc4)ncnc32)O[C@@H]1CO.O=C(Nc1ncnc2c1ncn2[C@@H]1O[C@H](CO)[C@@H](O)[C@@H]1F)c1ccccc1. The maximum absolute atomic E-state index is 14.8. The van der Waals surface area contributed by atoms with Gasteiger partial charge >= 0.3 is 0 Å². The molecule has 428 valence electrons. The molecule has 9 heterocycles. The molecule has 3 amide bonds. The van der Waals surface area contributed by atoms with Gasteiger partial charge in [0.2, 0.25) is 0 Å². The molecule has 3 saturated heterocycles. The van der Waals surface area contributed by atoms with Gasteiger partial charge in [-0.25, -0.2) is 58.0 Å². The first-order chi connectivity index (χ1) is 39.3. The number of imidazole rings is 3. The molecule has 0 aliphatic carbocycles. The van der Waals surface area contributed by atoms with E-state index >= 15 is 0 Å². The summed E-state index contributed by atoms with van der Waals surface area (Å²) < 4.78 is 65.0. The van der Waals surface area contributed by atoms with E-state index < -0.39 is 68.0 Å². The molecule has 3 aromatic carbocycles. The summed E-state index contributed by atoms with van der Waals surface area (Å²) in [5.41, 5.74) is 3.39. The van der Waals surface area contributed by atoms with Crippen molar-refractivity contribution < 1.29 is 57.1 Å². The highest BCUT2D eigenvalue weighted by Crippen LogP contribution is 2.40. The Labute approximate surface area is 465 Å². The zero-order valence-corrected chi connectivity index (χ0v) is 43.5. The number of benzene rings is 3. The molecule has 82 heavy (non-hydrogen) atoms. The van der Waals surface area contributed by atoms with E-state index in [9.17, 15) is 42.9 Å². The molecule has 0 spiro atoms. The van der Waals surface area contributed by atoms with Crippen LogP contribution in [-0.4, -0.2) is 148 Å². The van der Waals surface area contributed by atoms with Gasteiger partial charge in [0.1, 0.15) is 31.2 Å². The summed E-state index contributed by atoms with van der Waals surface area (Å²) in [6, 6.07) is 26.1. The van der Waals surface area contributed by atoms with Crippen molar-refractivity contribution in [2.45, 2.75) is 96.2 Å². The molecule has 0 radical (unpaired) electrons. The number of anilines is 3. The normalized spacial score (nSPS) is 24.7. The Kier molecular flexibility index (Phi) is 17.9. The number of aliphatic hydroxyl groups excluding tert-OH is 3. The predicted molar refractivity (Wildman–Crippen MR) is 291 cm³/mol. The van der Waals surface area contributed by atoms with Crippen LogP contribution in [0, 0.1) is 11.8 Å². The van der Waals surface area contributed by atoms with E-state index in [1.807, 2.05) is 26.0 Å². The molecule has 24 nitrogen and oxygen atoms in total. The first-order valence-electron chi connectivity index (χ1n) is 25.7. The first-order valence-corrected chi connectivity index (χ1v) is 25.7. The van der Waals surface area contributed by atoms with E-state index in [0.717, 1.165) is 6.42 Å². The molecule has 3 aliphatic rings. The minimum Gasteiger partial charge on any atom is -0.394 e. The summed E-state index contributed by atoms with van der Waals surface area (Å²) in [6.45, 7) is 4.72.